The number of nitrogens with one attached hydrogen (secondary N) is 1. The molecule has 0 amide bonds. The summed E-state index contributed by atoms with van der Waals surface area (Å²) in [6, 6.07) is 10.8. The normalized spacial score (nSPS) is 22.5. The second-order valence-electron chi connectivity index (χ2n) is 7.02. The largest absolute Gasteiger partial charge is 0.490 e. The van der Waals surface area contributed by atoms with Crippen LogP contribution in [0.4, 0.5) is 11.4 Å². The first kappa shape index (κ1) is 17.3. The Bertz CT molecular complexity index is 967. The summed E-state index contributed by atoms with van der Waals surface area (Å²) in [5.41, 5.74) is 3.62. The number of anilines is 1. The minimum atomic E-state index is -0.414. The summed E-state index contributed by atoms with van der Waals surface area (Å²) in [4.78, 5) is 22.7. The Kier molecular flexibility index (Phi) is 4.18. The van der Waals surface area contributed by atoms with Gasteiger partial charge < -0.3 is 10.1 Å². The lowest BCUT2D eigenvalue weighted by Crippen LogP contribution is -2.29. The Morgan fingerprint density at radius 2 is 2.07 bits per heavy atom. The molecular formula is C21H20N2O4. The minimum Gasteiger partial charge on any atom is -0.490 e. The van der Waals surface area contributed by atoms with E-state index in [0.29, 0.717) is 5.56 Å². The van der Waals surface area contributed by atoms with E-state index in [2.05, 4.69) is 17.5 Å². The van der Waals surface area contributed by atoms with Crippen LogP contribution < -0.4 is 10.1 Å². The molecule has 2 aliphatic rings. The van der Waals surface area contributed by atoms with Crippen molar-refractivity contribution in [3.8, 4) is 5.75 Å². The number of benzene rings is 2. The van der Waals surface area contributed by atoms with Gasteiger partial charge in [0.05, 0.1) is 18.1 Å². The molecule has 0 bridgehead atoms. The van der Waals surface area contributed by atoms with E-state index in [-0.39, 0.29) is 35.1 Å². The molecule has 0 saturated carbocycles. The fourth-order valence-corrected chi connectivity index (χ4v) is 4.19. The van der Waals surface area contributed by atoms with Gasteiger partial charge in [0.1, 0.15) is 0 Å². The van der Waals surface area contributed by atoms with Crippen molar-refractivity contribution in [2.45, 2.75) is 25.3 Å². The number of ketones is 1. The Morgan fingerprint density at radius 1 is 1.26 bits per heavy atom. The Labute approximate surface area is 157 Å². The summed E-state index contributed by atoms with van der Waals surface area (Å²) in [6.45, 7) is 1.57. The van der Waals surface area contributed by atoms with E-state index in [1.54, 1.807) is 19.1 Å². The van der Waals surface area contributed by atoms with Crippen molar-refractivity contribution in [3.05, 3.63) is 75.4 Å². The van der Waals surface area contributed by atoms with Gasteiger partial charge in [0.15, 0.2) is 11.5 Å². The number of carbonyl (C=O) groups excluding carboxylic acids is 1. The van der Waals surface area contributed by atoms with Gasteiger partial charge in [-0.15, -0.1) is 0 Å². The topological polar surface area (TPSA) is 81.5 Å². The average Bonchev–Trinajstić information content (AvgIpc) is 3.16. The standard InChI is InChI=1S/C21H20N2O4/c1-12(24)13-6-8-18-17(10-13)15-4-3-5-16(15)21(22-18)14-7-9-20(27-2)19(11-14)23(25)26/h3-4,6-11,15-16,21-22H,5H2,1-2H3/t15-,16+,21-/m0/s1. The number of rotatable bonds is 4. The van der Waals surface area contributed by atoms with Crippen LogP contribution in [0.15, 0.2) is 48.6 Å². The highest BCUT2D eigenvalue weighted by Crippen LogP contribution is 2.50. The lowest BCUT2D eigenvalue weighted by molar-refractivity contribution is -0.385. The van der Waals surface area contributed by atoms with E-state index in [1.807, 2.05) is 24.3 Å². The molecule has 1 aliphatic carbocycles. The van der Waals surface area contributed by atoms with Crippen LogP contribution >= 0.6 is 0 Å². The first-order chi connectivity index (χ1) is 13.0. The Hall–Kier alpha value is -3.15. The second kappa shape index (κ2) is 6.54. The molecule has 0 saturated heterocycles. The molecule has 6 heteroatoms. The zero-order valence-corrected chi connectivity index (χ0v) is 15.1. The quantitative estimate of drug-likeness (QED) is 0.370. The molecule has 138 valence electrons. The van der Waals surface area contributed by atoms with Crippen molar-refractivity contribution in [1.82, 2.24) is 0 Å². The van der Waals surface area contributed by atoms with Crippen molar-refractivity contribution in [3.63, 3.8) is 0 Å². The maximum atomic E-state index is 11.8. The first-order valence-electron chi connectivity index (χ1n) is 8.90. The highest BCUT2D eigenvalue weighted by atomic mass is 16.6. The molecule has 1 aliphatic heterocycles. The number of fused-ring (bicyclic) bond motifs is 3. The summed E-state index contributed by atoms with van der Waals surface area (Å²) in [5, 5.41) is 14.9. The number of methoxy groups -OCH3 is 1. The molecule has 0 aromatic heterocycles. The molecule has 27 heavy (non-hydrogen) atoms. The molecular weight excluding hydrogens is 344 g/mol. The van der Waals surface area contributed by atoms with Gasteiger partial charge in [-0.3, -0.25) is 14.9 Å². The van der Waals surface area contributed by atoms with Crippen molar-refractivity contribution >= 4 is 17.2 Å². The number of carbonyl (C=O) groups is 1. The molecule has 0 spiro atoms. The maximum absolute atomic E-state index is 11.8. The molecule has 0 fully saturated rings. The monoisotopic (exact) mass is 364 g/mol. The van der Waals surface area contributed by atoms with Crippen LogP contribution in [0.1, 0.15) is 46.8 Å². The minimum absolute atomic E-state index is 0.0305. The van der Waals surface area contributed by atoms with Crippen LogP contribution in [0.2, 0.25) is 0 Å². The average molecular weight is 364 g/mol. The third-order valence-electron chi connectivity index (χ3n) is 5.53. The van der Waals surface area contributed by atoms with Crippen molar-refractivity contribution in [2.24, 2.45) is 5.92 Å². The fraction of sp³-hybridized carbons (Fsp3) is 0.286. The lowest BCUT2D eigenvalue weighted by atomic mass is 9.76. The van der Waals surface area contributed by atoms with Crippen LogP contribution in [-0.4, -0.2) is 17.8 Å². The molecule has 3 atom stereocenters. The highest BCUT2D eigenvalue weighted by molar-refractivity contribution is 5.95. The molecule has 6 nitrogen and oxygen atoms in total. The Morgan fingerprint density at radius 3 is 2.78 bits per heavy atom. The summed E-state index contributed by atoms with van der Waals surface area (Å²) in [6.07, 6.45) is 5.21. The maximum Gasteiger partial charge on any atom is 0.311 e. The van der Waals surface area contributed by atoms with Gasteiger partial charge in [-0.2, -0.15) is 0 Å². The van der Waals surface area contributed by atoms with E-state index in [4.69, 9.17) is 4.74 Å². The third-order valence-corrected chi connectivity index (χ3v) is 5.53. The fourth-order valence-electron chi connectivity index (χ4n) is 4.19. The van der Waals surface area contributed by atoms with E-state index in [9.17, 15) is 14.9 Å². The predicted octanol–water partition coefficient (Wildman–Crippen LogP) is 4.63. The molecule has 4 rings (SSSR count). The van der Waals surface area contributed by atoms with Crippen LogP contribution in [0.3, 0.4) is 0 Å². The highest BCUT2D eigenvalue weighted by Gasteiger charge is 2.38. The first-order valence-corrected chi connectivity index (χ1v) is 8.90. The van der Waals surface area contributed by atoms with Gasteiger partial charge in [0, 0.05) is 23.2 Å². The predicted molar refractivity (Wildman–Crippen MR) is 102 cm³/mol. The molecule has 2 aromatic rings. The summed E-state index contributed by atoms with van der Waals surface area (Å²) >= 11 is 0. The van der Waals surface area contributed by atoms with E-state index < -0.39 is 4.92 Å². The number of hydrogen-bond acceptors (Lipinski definition) is 5. The number of nitrogens with zero attached hydrogens (tertiary/aromatic N) is 1. The van der Waals surface area contributed by atoms with E-state index in [1.165, 1.54) is 7.11 Å². The van der Waals surface area contributed by atoms with E-state index >= 15 is 0 Å². The SMILES string of the molecule is COc1ccc([C@@H]2Nc3ccc(C(C)=O)cc3[C@H]3C=CC[C@H]32)cc1[N+](=O)[O-]. The van der Waals surface area contributed by atoms with Gasteiger partial charge in [0.2, 0.25) is 0 Å². The number of nitro benzene ring substituents is 1. The molecule has 0 radical (unpaired) electrons. The summed E-state index contributed by atoms with van der Waals surface area (Å²) in [5.74, 6) is 0.732. The summed E-state index contributed by atoms with van der Waals surface area (Å²) < 4.78 is 5.12. The van der Waals surface area contributed by atoms with Gasteiger partial charge >= 0.3 is 5.69 Å². The van der Waals surface area contributed by atoms with Gasteiger partial charge in [-0.25, -0.2) is 0 Å². The molecule has 2 aromatic carbocycles. The number of nitro groups is 1. The van der Waals surface area contributed by atoms with Crippen molar-refractivity contribution in [2.75, 3.05) is 12.4 Å². The van der Waals surface area contributed by atoms with Crippen molar-refractivity contribution < 1.29 is 14.5 Å². The van der Waals surface area contributed by atoms with Gasteiger partial charge in [0.25, 0.3) is 0 Å². The van der Waals surface area contributed by atoms with E-state index in [0.717, 1.165) is 23.2 Å². The smallest absolute Gasteiger partial charge is 0.311 e. The molecule has 0 unspecified atom stereocenters. The zero-order valence-electron chi connectivity index (χ0n) is 15.1. The third kappa shape index (κ3) is 2.87. The Balaban J connectivity index is 1.77. The molecule has 1 N–H and O–H groups in total. The van der Waals surface area contributed by atoms with Crippen molar-refractivity contribution in [1.29, 1.82) is 0 Å². The van der Waals surface area contributed by atoms with Crippen LogP contribution in [0.25, 0.3) is 0 Å². The number of Topliss-reactive ketones (excluding diaryl/α,β-unsaturated/α-hetero) is 1. The van der Waals surface area contributed by atoms with Gasteiger partial charge in [-0.05, 0) is 54.7 Å². The number of ether oxygens (including phenoxy) is 1. The van der Waals surface area contributed by atoms with Crippen LogP contribution in [0, 0.1) is 16.0 Å². The zero-order chi connectivity index (χ0) is 19.1. The second-order valence-corrected chi connectivity index (χ2v) is 7.02. The van der Waals surface area contributed by atoms with Crippen LogP contribution in [0.5, 0.6) is 5.75 Å². The number of hydrogen-bond donors (Lipinski definition) is 1. The number of allylic oxidation sites excluding steroid dienone is 2. The van der Waals surface area contributed by atoms with Crippen LogP contribution in [-0.2, 0) is 0 Å². The molecule has 1 heterocycles. The summed E-state index contributed by atoms with van der Waals surface area (Å²) in [7, 11) is 1.43. The van der Waals surface area contributed by atoms with Gasteiger partial charge in [-0.1, -0.05) is 18.2 Å². The lowest BCUT2D eigenvalue weighted by Gasteiger charge is -2.37.